The van der Waals surface area contributed by atoms with Crippen molar-refractivity contribution < 1.29 is 9.18 Å². The van der Waals surface area contributed by atoms with Gasteiger partial charge < -0.3 is 15.2 Å². The molecule has 2 heterocycles. The van der Waals surface area contributed by atoms with Crippen LogP contribution in [0.15, 0.2) is 48.7 Å². The summed E-state index contributed by atoms with van der Waals surface area (Å²) in [5.41, 5.74) is 3.09. The Labute approximate surface area is 152 Å². The maximum atomic E-state index is 13.8. The van der Waals surface area contributed by atoms with Gasteiger partial charge in [0.05, 0.1) is 5.56 Å². The van der Waals surface area contributed by atoms with Crippen LogP contribution in [-0.2, 0) is 0 Å². The van der Waals surface area contributed by atoms with Gasteiger partial charge in [0.15, 0.2) is 0 Å². The van der Waals surface area contributed by atoms with Crippen molar-refractivity contribution in [3.05, 3.63) is 65.6 Å². The summed E-state index contributed by atoms with van der Waals surface area (Å²) in [6, 6.07) is 11.8. The van der Waals surface area contributed by atoms with Gasteiger partial charge in [-0.05, 0) is 74.8 Å². The fourth-order valence-corrected chi connectivity index (χ4v) is 3.72. The van der Waals surface area contributed by atoms with E-state index < -0.39 is 11.7 Å². The highest BCUT2D eigenvalue weighted by atomic mass is 19.1. The fraction of sp³-hybridized carbons (Fsp3) is 0.286. The van der Waals surface area contributed by atoms with E-state index in [1.165, 1.54) is 17.7 Å². The molecule has 0 spiro atoms. The van der Waals surface area contributed by atoms with E-state index in [1.54, 1.807) is 12.1 Å². The van der Waals surface area contributed by atoms with Gasteiger partial charge in [0.1, 0.15) is 5.82 Å². The third-order valence-corrected chi connectivity index (χ3v) is 5.25. The zero-order chi connectivity index (χ0) is 18.1. The van der Waals surface area contributed by atoms with Crippen molar-refractivity contribution in [3.63, 3.8) is 0 Å². The van der Waals surface area contributed by atoms with Crippen LogP contribution in [0.2, 0.25) is 0 Å². The summed E-state index contributed by atoms with van der Waals surface area (Å²) >= 11 is 0. The van der Waals surface area contributed by atoms with Crippen molar-refractivity contribution in [3.8, 4) is 0 Å². The van der Waals surface area contributed by atoms with Crippen LogP contribution < -0.4 is 5.32 Å². The first-order valence-corrected chi connectivity index (χ1v) is 8.97. The summed E-state index contributed by atoms with van der Waals surface area (Å²) in [6.45, 7) is 2.20. The SMILES string of the molecule is CN1CCC(c2c[nH]c3ccc(NC(=O)c4ccccc4F)cc23)CC1. The van der Waals surface area contributed by atoms with Crippen LogP contribution in [0.3, 0.4) is 0 Å². The third kappa shape index (κ3) is 3.22. The molecule has 0 aliphatic carbocycles. The first kappa shape index (κ1) is 16.8. The summed E-state index contributed by atoms with van der Waals surface area (Å²) in [7, 11) is 2.15. The Morgan fingerprint density at radius 3 is 2.73 bits per heavy atom. The first-order valence-electron chi connectivity index (χ1n) is 8.97. The number of carbonyl (C=O) groups is 1. The zero-order valence-corrected chi connectivity index (χ0v) is 14.8. The maximum absolute atomic E-state index is 13.8. The van der Waals surface area contributed by atoms with Crippen LogP contribution in [0.4, 0.5) is 10.1 Å². The molecule has 1 amide bonds. The van der Waals surface area contributed by atoms with Gasteiger partial charge in [-0.2, -0.15) is 0 Å². The van der Waals surface area contributed by atoms with Crippen LogP contribution in [-0.4, -0.2) is 35.9 Å². The Hall–Kier alpha value is -2.66. The molecule has 4 rings (SSSR count). The summed E-state index contributed by atoms with van der Waals surface area (Å²) < 4.78 is 13.8. The number of hydrogen-bond donors (Lipinski definition) is 2. The molecule has 0 atom stereocenters. The smallest absolute Gasteiger partial charge is 0.258 e. The first-order chi connectivity index (χ1) is 12.6. The fourth-order valence-electron chi connectivity index (χ4n) is 3.72. The maximum Gasteiger partial charge on any atom is 0.258 e. The quantitative estimate of drug-likeness (QED) is 0.736. The number of hydrogen-bond acceptors (Lipinski definition) is 2. The molecule has 1 fully saturated rings. The summed E-state index contributed by atoms with van der Waals surface area (Å²) in [5, 5.41) is 3.95. The standard InChI is InChI=1S/C21H22FN3O/c1-25-10-8-14(9-11-25)18-13-23-20-7-6-15(12-17(18)20)24-21(26)16-4-2-3-5-19(16)22/h2-7,12-14,23H,8-11H2,1H3,(H,24,26). The highest BCUT2D eigenvalue weighted by Crippen LogP contribution is 2.34. The van der Waals surface area contributed by atoms with E-state index in [2.05, 4.69) is 28.4 Å². The Morgan fingerprint density at radius 1 is 1.19 bits per heavy atom. The second-order valence-corrected chi connectivity index (χ2v) is 7.02. The van der Waals surface area contributed by atoms with E-state index in [1.807, 2.05) is 18.2 Å². The highest BCUT2D eigenvalue weighted by molar-refractivity contribution is 6.05. The van der Waals surface area contributed by atoms with Crippen LogP contribution >= 0.6 is 0 Å². The van der Waals surface area contributed by atoms with E-state index >= 15 is 0 Å². The number of likely N-dealkylation sites (tertiary alicyclic amines) is 1. The lowest BCUT2D eigenvalue weighted by molar-refractivity contribution is 0.102. The topological polar surface area (TPSA) is 48.1 Å². The Bertz CT molecular complexity index is 941. The average molecular weight is 351 g/mol. The molecule has 2 aromatic carbocycles. The number of piperidine rings is 1. The Balaban J connectivity index is 1.60. The van der Waals surface area contributed by atoms with Crippen molar-refractivity contribution in [2.45, 2.75) is 18.8 Å². The minimum absolute atomic E-state index is 0.0530. The van der Waals surface area contributed by atoms with E-state index in [0.29, 0.717) is 11.6 Å². The number of nitrogens with zero attached hydrogens (tertiary/aromatic N) is 1. The molecule has 3 aromatic rings. The minimum atomic E-state index is -0.514. The van der Waals surface area contributed by atoms with Crippen LogP contribution in [0.5, 0.6) is 0 Å². The molecule has 0 bridgehead atoms. The molecule has 1 saturated heterocycles. The van der Waals surface area contributed by atoms with Crippen molar-refractivity contribution in [1.29, 1.82) is 0 Å². The molecule has 4 nitrogen and oxygen atoms in total. The predicted octanol–water partition coefficient (Wildman–Crippen LogP) is 4.37. The van der Waals surface area contributed by atoms with Gasteiger partial charge in [-0.1, -0.05) is 12.1 Å². The predicted molar refractivity (Wildman–Crippen MR) is 102 cm³/mol. The summed E-state index contributed by atoms with van der Waals surface area (Å²) in [4.78, 5) is 18.1. The van der Waals surface area contributed by atoms with Gasteiger partial charge in [-0.25, -0.2) is 4.39 Å². The molecule has 26 heavy (non-hydrogen) atoms. The molecular weight excluding hydrogens is 329 g/mol. The molecular formula is C21H22FN3O. The van der Waals surface area contributed by atoms with Crippen molar-refractivity contribution in [1.82, 2.24) is 9.88 Å². The number of nitrogens with one attached hydrogen (secondary N) is 2. The zero-order valence-electron chi connectivity index (χ0n) is 14.8. The number of rotatable bonds is 3. The number of H-pyrrole nitrogens is 1. The molecule has 0 radical (unpaired) electrons. The molecule has 0 saturated carbocycles. The Morgan fingerprint density at radius 2 is 1.96 bits per heavy atom. The van der Waals surface area contributed by atoms with Crippen molar-refractivity contribution in [2.75, 3.05) is 25.5 Å². The number of benzene rings is 2. The number of aromatic amines is 1. The molecule has 134 valence electrons. The van der Waals surface area contributed by atoms with E-state index in [4.69, 9.17) is 0 Å². The second-order valence-electron chi connectivity index (χ2n) is 7.02. The number of amides is 1. The van der Waals surface area contributed by atoms with E-state index in [9.17, 15) is 9.18 Å². The number of carbonyl (C=O) groups excluding carboxylic acids is 1. The van der Waals surface area contributed by atoms with Gasteiger partial charge >= 0.3 is 0 Å². The van der Waals surface area contributed by atoms with E-state index in [0.717, 1.165) is 36.8 Å². The largest absolute Gasteiger partial charge is 0.361 e. The van der Waals surface area contributed by atoms with Crippen molar-refractivity contribution >= 4 is 22.5 Å². The van der Waals surface area contributed by atoms with Crippen LogP contribution in [0.1, 0.15) is 34.7 Å². The molecule has 2 N–H and O–H groups in total. The number of anilines is 1. The van der Waals surface area contributed by atoms with Gasteiger partial charge in [0.25, 0.3) is 5.91 Å². The lowest BCUT2D eigenvalue weighted by Gasteiger charge is -2.28. The summed E-state index contributed by atoms with van der Waals surface area (Å²) in [5.74, 6) is -0.420. The minimum Gasteiger partial charge on any atom is -0.361 e. The Kier molecular flexibility index (Phi) is 4.47. The molecule has 1 aromatic heterocycles. The average Bonchev–Trinajstić information content (AvgIpc) is 3.06. The van der Waals surface area contributed by atoms with Gasteiger partial charge in [0.2, 0.25) is 0 Å². The van der Waals surface area contributed by atoms with E-state index in [-0.39, 0.29) is 5.56 Å². The lowest BCUT2D eigenvalue weighted by Crippen LogP contribution is -2.29. The highest BCUT2D eigenvalue weighted by Gasteiger charge is 2.21. The van der Waals surface area contributed by atoms with Crippen LogP contribution in [0, 0.1) is 5.82 Å². The number of halogens is 1. The molecule has 5 heteroatoms. The molecule has 1 aliphatic rings. The molecule has 1 aliphatic heterocycles. The monoisotopic (exact) mass is 351 g/mol. The lowest BCUT2D eigenvalue weighted by atomic mass is 9.89. The third-order valence-electron chi connectivity index (χ3n) is 5.25. The number of fused-ring (bicyclic) bond motifs is 1. The normalized spacial score (nSPS) is 16.1. The summed E-state index contributed by atoms with van der Waals surface area (Å²) in [6.07, 6.45) is 4.35. The molecule has 0 unspecified atom stereocenters. The van der Waals surface area contributed by atoms with Gasteiger partial charge in [0, 0.05) is 22.8 Å². The van der Waals surface area contributed by atoms with Gasteiger partial charge in [-0.15, -0.1) is 0 Å². The second kappa shape index (κ2) is 6.92. The van der Waals surface area contributed by atoms with Gasteiger partial charge in [-0.3, -0.25) is 4.79 Å². The number of aromatic nitrogens is 1. The van der Waals surface area contributed by atoms with Crippen LogP contribution in [0.25, 0.3) is 10.9 Å². The van der Waals surface area contributed by atoms with Crippen molar-refractivity contribution in [2.24, 2.45) is 0 Å².